The van der Waals surface area contributed by atoms with Gasteiger partial charge < -0.3 is 10.6 Å². The molecule has 0 saturated carbocycles. The summed E-state index contributed by atoms with van der Waals surface area (Å²) in [5.41, 5.74) is 9.45. The Kier molecular flexibility index (Phi) is 3.94. The van der Waals surface area contributed by atoms with Crippen molar-refractivity contribution >= 4 is 28.8 Å². The van der Waals surface area contributed by atoms with Gasteiger partial charge in [-0.2, -0.15) is 0 Å². The Hall–Kier alpha value is -2.20. The van der Waals surface area contributed by atoms with E-state index in [1.54, 1.807) is 0 Å². The third-order valence-electron chi connectivity index (χ3n) is 4.04. The summed E-state index contributed by atoms with van der Waals surface area (Å²) in [5, 5.41) is 0. The number of benzene rings is 2. The van der Waals surface area contributed by atoms with Crippen LogP contribution < -0.4 is 10.6 Å². The third-order valence-corrected chi connectivity index (χ3v) is 4.18. The van der Waals surface area contributed by atoms with Gasteiger partial charge in [0.25, 0.3) is 5.91 Å². The fourth-order valence-corrected chi connectivity index (χ4v) is 3.23. The van der Waals surface area contributed by atoms with Gasteiger partial charge in [-0.05, 0) is 36.6 Å². The van der Waals surface area contributed by atoms with Crippen molar-refractivity contribution in [2.45, 2.75) is 25.8 Å². The molecule has 1 atom stereocenters. The van der Waals surface area contributed by atoms with Gasteiger partial charge in [0.2, 0.25) is 0 Å². The minimum atomic E-state index is 0.0179. The maximum Gasteiger partial charge on any atom is 0.258 e. The van der Waals surface area contributed by atoms with Crippen molar-refractivity contribution in [1.29, 1.82) is 0 Å². The number of amides is 1. The summed E-state index contributed by atoms with van der Waals surface area (Å²) in [6, 6.07) is 15.8. The molecular weight excluding hydrogens is 292 g/mol. The average molecular weight is 310 g/mol. The molecule has 1 aliphatic heterocycles. The van der Waals surface area contributed by atoms with Gasteiger partial charge in [0.15, 0.2) is 0 Å². The number of thiocarbonyl (C=S) groups is 1. The standard InChI is InChI=1S/C18H18N2OS/c1-12-10-14-7-3-5-9-16(14)20(12)18(21)15-8-4-2-6-13(15)11-17(19)22/h2-9,12H,10-11H2,1H3,(H2,19,22). The monoisotopic (exact) mass is 310 g/mol. The maximum absolute atomic E-state index is 13.1. The highest BCUT2D eigenvalue weighted by Crippen LogP contribution is 2.33. The minimum Gasteiger partial charge on any atom is -0.393 e. The molecule has 3 nitrogen and oxygen atoms in total. The Labute approximate surface area is 135 Å². The van der Waals surface area contributed by atoms with Gasteiger partial charge in [-0.3, -0.25) is 4.79 Å². The van der Waals surface area contributed by atoms with E-state index < -0.39 is 0 Å². The van der Waals surface area contributed by atoms with Gasteiger partial charge >= 0.3 is 0 Å². The lowest BCUT2D eigenvalue weighted by molar-refractivity contribution is 0.0981. The van der Waals surface area contributed by atoms with Crippen LogP contribution >= 0.6 is 12.2 Å². The summed E-state index contributed by atoms with van der Waals surface area (Å²) >= 11 is 5.00. The van der Waals surface area contributed by atoms with Crippen LogP contribution in [0.1, 0.15) is 28.4 Å². The van der Waals surface area contributed by atoms with E-state index in [1.165, 1.54) is 5.56 Å². The number of carbonyl (C=O) groups excluding carboxylic acids is 1. The van der Waals surface area contributed by atoms with Crippen LogP contribution in [-0.2, 0) is 12.8 Å². The quantitative estimate of drug-likeness (QED) is 0.886. The summed E-state index contributed by atoms with van der Waals surface area (Å²) in [6.07, 6.45) is 1.33. The van der Waals surface area contributed by atoms with E-state index in [1.807, 2.05) is 47.4 Å². The van der Waals surface area contributed by atoms with Gasteiger partial charge in [0.05, 0.1) is 4.99 Å². The van der Waals surface area contributed by atoms with Crippen molar-refractivity contribution in [3.8, 4) is 0 Å². The van der Waals surface area contributed by atoms with Crippen molar-refractivity contribution in [2.75, 3.05) is 4.90 Å². The number of nitrogens with two attached hydrogens (primary N) is 1. The predicted octanol–water partition coefficient (Wildman–Crippen LogP) is 3.11. The number of carbonyl (C=O) groups is 1. The molecule has 1 heterocycles. The molecule has 4 heteroatoms. The smallest absolute Gasteiger partial charge is 0.258 e. The molecule has 2 N–H and O–H groups in total. The van der Waals surface area contributed by atoms with E-state index in [0.29, 0.717) is 17.0 Å². The van der Waals surface area contributed by atoms with E-state index >= 15 is 0 Å². The first-order chi connectivity index (χ1) is 10.6. The second-order valence-electron chi connectivity index (χ2n) is 5.66. The number of hydrogen-bond acceptors (Lipinski definition) is 2. The third kappa shape index (κ3) is 2.62. The Morgan fingerprint density at radius 1 is 1.23 bits per heavy atom. The molecule has 3 rings (SSSR count). The molecule has 1 aliphatic rings. The molecule has 112 valence electrons. The van der Waals surface area contributed by atoms with Gasteiger partial charge in [-0.25, -0.2) is 0 Å². The molecular formula is C18H18N2OS. The van der Waals surface area contributed by atoms with E-state index in [-0.39, 0.29) is 11.9 Å². The Balaban J connectivity index is 2.00. The normalized spacial score (nSPS) is 16.4. The first-order valence-electron chi connectivity index (χ1n) is 7.35. The zero-order valence-corrected chi connectivity index (χ0v) is 13.3. The number of hydrogen-bond donors (Lipinski definition) is 1. The first-order valence-corrected chi connectivity index (χ1v) is 7.76. The van der Waals surface area contributed by atoms with E-state index in [9.17, 15) is 4.79 Å². The van der Waals surface area contributed by atoms with Crippen LogP contribution in [0, 0.1) is 0 Å². The van der Waals surface area contributed by atoms with Crippen molar-refractivity contribution in [3.63, 3.8) is 0 Å². The van der Waals surface area contributed by atoms with Crippen LogP contribution in [0.15, 0.2) is 48.5 Å². The summed E-state index contributed by atoms with van der Waals surface area (Å²) in [7, 11) is 0. The van der Waals surface area contributed by atoms with Crippen LogP contribution in [0.5, 0.6) is 0 Å². The molecule has 0 aliphatic carbocycles. The number of nitrogens with zero attached hydrogens (tertiary/aromatic N) is 1. The Morgan fingerprint density at radius 2 is 1.91 bits per heavy atom. The van der Waals surface area contributed by atoms with Gasteiger partial charge in [0.1, 0.15) is 0 Å². The van der Waals surface area contributed by atoms with Crippen molar-refractivity contribution in [1.82, 2.24) is 0 Å². The van der Waals surface area contributed by atoms with Crippen molar-refractivity contribution in [3.05, 3.63) is 65.2 Å². The summed E-state index contributed by atoms with van der Waals surface area (Å²) in [5.74, 6) is 0.0179. The lowest BCUT2D eigenvalue weighted by Gasteiger charge is -2.24. The van der Waals surface area contributed by atoms with Crippen LogP contribution in [-0.4, -0.2) is 16.9 Å². The maximum atomic E-state index is 13.1. The Bertz CT molecular complexity index is 741. The molecule has 0 saturated heterocycles. The predicted molar refractivity (Wildman–Crippen MR) is 93.3 cm³/mol. The van der Waals surface area contributed by atoms with Crippen LogP contribution in [0.4, 0.5) is 5.69 Å². The van der Waals surface area contributed by atoms with E-state index in [2.05, 4.69) is 13.0 Å². The fraction of sp³-hybridized carbons (Fsp3) is 0.222. The van der Waals surface area contributed by atoms with Crippen molar-refractivity contribution in [2.24, 2.45) is 5.73 Å². The molecule has 22 heavy (non-hydrogen) atoms. The van der Waals surface area contributed by atoms with Crippen LogP contribution in [0.3, 0.4) is 0 Å². The highest BCUT2D eigenvalue weighted by molar-refractivity contribution is 7.80. The molecule has 2 aromatic carbocycles. The summed E-state index contributed by atoms with van der Waals surface area (Å²) in [4.78, 5) is 15.3. The van der Waals surface area contributed by atoms with E-state index in [0.717, 1.165) is 17.7 Å². The second-order valence-corrected chi connectivity index (χ2v) is 6.18. The molecule has 2 aromatic rings. The molecule has 0 radical (unpaired) electrons. The highest BCUT2D eigenvalue weighted by atomic mass is 32.1. The fourth-order valence-electron chi connectivity index (χ4n) is 3.08. The van der Waals surface area contributed by atoms with Gasteiger partial charge in [-0.15, -0.1) is 0 Å². The first kappa shape index (κ1) is 14.7. The minimum absolute atomic E-state index is 0.0179. The Morgan fingerprint density at radius 3 is 2.68 bits per heavy atom. The van der Waals surface area contributed by atoms with Crippen LogP contribution in [0.2, 0.25) is 0 Å². The van der Waals surface area contributed by atoms with Crippen molar-refractivity contribution < 1.29 is 4.79 Å². The molecule has 1 unspecified atom stereocenters. The topological polar surface area (TPSA) is 46.3 Å². The van der Waals surface area contributed by atoms with Gasteiger partial charge in [0, 0.05) is 23.7 Å². The lowest BCUT2D eigenvalue weighted by Crippen LogP contribution is -2.36. The second kappa shape index (κ2) is 5.89. The highest BCUT2D eigenvalue weighted by Gasteiger charge is 2.31. The number of fused-ring (bicyclic) bond motifs is 1. The SMILES string of the molecule is CC1Cc2ccccc2N1C(=O)c1ccccc1CC(N)=S. The summed E-state index contributed by atoms with van der Waals surface area (Å²) in [6.45, 7) is 2.08. The number of rotatable bonds is 3. The zero-order valence-electron chi connectivity index (χ0n) is 12.5. The molecule has 0 spiro atoms. The molecule has 0 aromatic heterocycles. The molecule has 0 fully saturated rings. The zero-order chi connectivity index (χ0) is 15.7. The molecule has 0 bridgehead atoms. The van der Waals surface area contributed by atoms with Gasteiger partial charge in [-0.1, -0.05) is 48.6 Å². The number of anilines is 1. The summed E-state index contributed by atoms with van der Waals surface area (Å²) < 4.78 is 0. The molecule has 1 amide bonds. The largest absolute Gasteiger partial charge is 0.393 e. The lowest BCUT2D eigenvalue weighted by atomic mass is 10.0. The van der Waals surface area contributed by atoms with E-state index in [4.69, 9.17) is 18.0 Å². The number of para-hydroxylation sites is 1. The van der Waals surface area contributed by atoms with Crippen LogP contribution in [0.25, 0.3) is 0 Å². The average Bonchev–Trinajstić information content (AvgIpc) is 2.82.